The molecule has 1 aliphatic heterocycles. The van der Waals surface area contributed by atoms with E-state index in [2.05, 4.69) is 15.3 Å². The van der Waals surface area contributed by atoms with Crippen LogP contribution in [0.15, 0.2) is 24.5 Å². The number of fused-ring (bicyclic) bond motifs is 1. The van der Waals surface area contributed by atoms with Crippen LogP contribution in [0.4, 0.5) is 9.18 Å². The number of benzene rings is 1. The molecule has 0 radical (unpaired) electrons. The van der Waals surface area contributed by atoms with Gasteiger partial charge in [-0.05, 0) is 36.1 Å². The van der Waals surface area contributed by atoms with Gasteiger partial charge in [-0.2, -0.15) is 11.8 Å². The highest BCUT2D eigenvalue weighted by Gasteiger charge is 2.36. The van der Waals surface area contributed by atoms with Crippen molar-refractivity contribution in [2.45, 2.75) is 24.9 Å². The van der Waals surface area contributed by atoms with Gasteiger partial charge in [0.25, 0.3) is 0 Å². The number of aromatic amines is 1. The quantitative estimate of drug-likeness (QED) is 0.674. The van der Waals surface area contributed by atoms with Crippen LogP contribution in [0.3, 0.4) is 0 Å². The molecule has 2 aromatic rings. The average molecular weight is 441 g/mol. The number of imidazole rings is 1. The third kappa shape index (κ3) is 4.67. The molecule has 0 aliphatic carbocycles. The fourth-order valence-corrected chi connectivity index (χ4v) is 4.03. The SMILES string of the molecule is COC(=O)[C@H](CCSC)NC(=O)N1CCc2[nH]cnc2[C@@H]1c1ccc(F)c(Cl)c1. The molecule has 1 aromatic carbocycles. The van der Waals surface area contributed by atoms with Gasteiger partial charge in [-0.1, -0.05) is 17.7 Å². The van der Waals surface area contributed by atoms with Crippen molar-refractivity contribution < 1.29 is 18.7 Å². The van der Waals surface area contributed by atoms with Crippen LogP contribution in [0, 0.1) is 5.82 Å². The lowest BCUT2D eigenvalue weighted by molar-refractivity contribution is -0.142. The number of hydrogen-bond donors (Lipinski definition) is 2. The molecule has 2 amide bonds. The van der Waals surface area contributed by atoms with Crippen molar-refractivity contribution in [3.05, 3.63) is 52.3 Å². The highest BCUT2D eigenvalue weighted by Crippen LogP contribution is 2.35. The number of aromatic nitrogens is 2. The lowest BCUT2D eigenvalue weighted by atomic mass is 9.96. The predicted molar refractivity (Wildman–Crippen MR) is 110 cm³/mol. The predicted octanol–water partition coefficient (Wildman–Crippen LogP) is 3.15. The molecule has 0 saturated carbocycles. The summed E-state index contributed by atoms with van der Waals surface area (Å²) in [5.41, 5.74) is 2.22. The van der Waals surface area contributed by atoms with Crippen LogP contribution in [0.2, 0.25) is 5.02 Å². The molecule has 0 unspecified atom stereocenters. The molecule has 3 rings (SSSR count). The van der Waals surface area contributed by atoms with E-state index in [1.807, 2.05) is 6.26 Å². The van der Waals surface area contributed by atoms with Crippen LogP contribution >= 0.6 is 23.4 Å². The Morgan fingerprint density at radius 3 is 3.00 bits per heavy atom. The maximum Gasteiger partial charge on any atom is 0.328 e. The normalized spacial score (nSPS) is 16.8. The number of amides is 2. The van der Waals surface area contributed by atoms with Gasteiger partial charge in [0.05, 0.1) is 24.2 Å². The Morgan fingerprint density at radius 2 is 2.31 bits per heavy atom. The van der Waals surface area contributed by atoms with Crippen LogP contribution in [0.1, 0.15) is 29.4 Å². The number of halogens is 2. The van der Waals surface area contributed by atoms with E-state index in [-0.39, 0.29) is 5.02 Å². The molecule has 0 bridgehead atoms. The smallest absolute Gasteiger partial charge is 0.328 e. The minimum Gasteiger partial charge on any atom is -0.467 e. The number of urea groups is 1. The Balaban J connectivity index is 1.90. The van der Waals surface area contributed by atoms with Gasteiger partial charge in [0.1, 0.15) is 17.9 Å². The number of hydrogen-bond acceptors (Lipinski definition) is 5. The molecule has 0 saturated heterocycles. The zero-order valence-corrected chi connectivity index (χ0v) is 17.6. The van der Waals surface area contributed by atoms with Crippen molar-refractivity contribution >= 4 is 35.4 Å². The van der Waals surface area contributed by atoms with E-state index in [0.717, 1.165) is 5.69 Å². The number of rotatable bonds is 6. The lowest BCUT2D eigenvalue weighted by Gasteiger charge is -2.36. The summed E-state index contributed by atoms with van der Waals surface area (Å²) in [5.74, 6) is -0.334. The zero-order chi connectivity index (χ0) is 21.0. The van der Waals surface area contributed by atoms with E-state index in [0.29, 0.717) is 36.4 Å². The number of nitrogens with one attached hydrogen (secondary N) is 2. The van der Waals surface area contributed by atoms with Crippen LogP contribution in [-0.4, -0.2) is 58.6 Å². The second-order valence-electron chi connectivity index (χ2n) is 6.59. The van der Waals surface area contributed by atoms with E-state index in [9.17, 15) is 14.0 Å². The van der Waals surface area contributed by atoms with Crippen molar-refractivity contribution in [3.8, 4) is 0 Å². The first kappa shape index (κ1) is 21.4. The molecular weight excluding hydrogens is 419 g/mol. The first-order valence-corrected chi connectivity index (χ1v) is 10.8. The molecule has 1 aromatic heterocycles. The first-order chi connectivity index (χ1) is 14.0. The third-order valence-electron chi connectivity index (χ3n) is 4.84. The van der Waals surface area contributed by atoms with Gasteiger partial charge in [-0.15, -0.1) is 0 Å². The molecular formula is C19H22ClFN4O3S. The van der Waals surface area contributed by atoms with E-state index in [1.165, 1.54) is 19.2 Å². The van der Waals surface area contributed by atoms with Gasteiger partial charge in [0.2, 0.25) is 0 Å². The Morgan fingerprint density at radius 1 is 1.52 bits per heavy atom. The second kappa shape index (κ2) is 9.49. The Kier molecular flexibility index (Phi) is 7.02. The molecule has 1 aliphatic rings. The van der Waals surface area contributed by atoms with Gasteiger partial charge in [-0.3, -0.25) is 0 Å². The maximum atomic E-state index is 13.7. The topological polar surface area (TPSA) is 87.3 Å². The van der Waals surface area contributed by atoms with Gasteiger partial charge < -0.3 is 19.9 Å². The largest absolute Gasteiger partial charge is 0.467 e. The molecule has 0 fully saturated rings. The van der Waals surface area contributed by atoms with E-state index in [4.69, 9.17) is 16.3 Å². The minimum atomic E-state index is -0.752. The van der Waals surface area contributed by atoms with Crippen molar-refractivity contribution in [1.82, 2.24) is 20.2 Å². The van der Waals surface area contributed by atoms with Crippen LogP contribution < -0.4 is 5.32 Å². The summed E-state index contributed by atoms with van der Waals surface area (Å²) >= 11 is 7.55. The number of methoxy groups -OCH3 is 1. The molecule has 2 atom stereocenters. The first-order valence-electron chi connectivity index (χ1n) is 9.07. The summed E-state index contributed by atoms with van der Waals surface area (Å²) in [6.07, 6.45) is 4.53. The summed E-state index contributed by atoms with van der Waals surface area (Å²) in [4.78, 5) is 34.2. The number of esters is 1. The van der Waals surface area contributed by atoms with Gasteiger partial charge in [0.15, 0.2) is 0 Å². The highest BCUT2D eigenvalue weighted by atomic mass is 35.5. The molecule has 0 spiro atoms. The molecule has 2 heterocycles. The summed E-state index contributed by atoms with van der Waals surface area (Å²) in [7, 11) is 1.29. The number of H-pyrrole nitrogens is 1. The number of nitrogens with zero attached hydrogens (tertiary/aromatic N) is 2. The Labute approximate surface area is 177 Å². The average Bonchev–Trinajstić information content (AvgIpc) is 3.20. The Hall–Kier alpha value is -2.26. The molecule has 29 heavy (non-hydrogen) atoms. The molecule has 2 N–H and O–H groups in total. The number of carbonyl (C=O) groups is 2. The number of thioether (sulfide) groups is 1. The molecule has 156 valence electrons. The second-order valence-corrected chi connectivity index (χ2v) is 7.99. The summed E-state index contributed by atoms with van der Waals surface area (Å²) in [5, 5.41) is 2.75. The van der Waals surface area contributed by atoms with Crippen LogP contribution in [0.5, 0.6) is 0 Å². The van der Waals surface area contributed by atoms with Crippen molar-refractivity contribution in [3.63, 3.8) is 0 Å². The summed E-state index contributed by atoms with van der Waals surface area (Å²) in [6, 6.07) is 2.63. The van der Waals surface area contributed by atoms with E-state index in [1.54, 1.807) is 29.1 Å². The van der Waals surface area contributed by atoms with E-state index < -0.39 is 29.9 Å². The minimum absolute atomic E-state index is 0.0297. The van der Waals surface area contributed by atoms with Gasteiger partial charge in [-0.25, -0.2) is 19.0 Å². The third-order valence-corrected chi connectivity index (χ3v) is 5.77. The molecule has 7 nitrogen and oxygen atoms in total. The lowest BCUT2D eigenvalue weighted by Crippen LogP contribution is -2.51. The highest BCUT2D eigenvalue weighted by molar-refractivity contribution is 7.98. The monoisotopic (exact) mass is 440 g/mol. The van der Waals surface area contributed by atoms with Crippen molar-refractivity contribution in [2.24, 2.45) is 0 Å². The van der Waals surface area contributed by atoms with Crippen molar-refractivity contribution in [2.75, 3.05) is 25.7 Å². The van der Waals surface area contributed by atoms with Crippen LogP contribution in [0.25, 0.3) is 0 Å². The fourth-order valence-electron chi connectivity index (χ4n) is 3.37. The maximum absolute atomic E-state index is 13.7. The fraction of sp³-hybridized carbons (Fsp3) is 0.421. The van der Waals surface area contributed by atoms with Gasteiger partial charge in [0, 0.05) is 18.7 Å². The van der Waals surface area contributed by atoms with Crippen molar-refractivity contribution in [1.29, 1.82) is 0 Å². The van der Waals surface area contributed by atoms with E-state index >= 15 is 0 Å². The number of ether oxygens (including phenoxy) is 1. The summed E-state index contributed by atoms with van der Waals surface area (Å²) in [6.45, 7) is 0.400. The standard InChI is InChI=1S/C19H22ClFN4O3S/c1-28-18(26)15(6-8-29-2)24-19(27)25-7-5-14-16(23-10-22-14)17(25)11-3-4-13(21)12(20)9-11/h3-4,9-10,15,17H,5-8H2,1-2H3,(H,22,23)(H,24,27)/t15-,17-/m0/s1. The van der Waals surface area contributed by atoms with Crippen LogP contribution in [-0.2, 0) is 16.0 Å². The summed E-state index contributed by atoms with van der Waals surface area (Å²) < 4.78 is 18.5. The van der Waals surface area contributed by atoms with Gasteiger partial charge >= 0.3 is 12.0 Å². The Bertz CT molecular complexity index is 894. The zero-order valence-electron chi connectivity index (χ0n) is 16.1. The molecule has 10 heteroatoms. The number of carbonyl (C=O) groups excluding carboxylic acids is 2.